The molecule has 0 spiro atoms. The maximum absolute atomic E-state index is 12.1. The highest BCUT2D eigenvalue weighted by Crippen LogP contribution is 2.37. The van der Waals surface area contributed by atoms with Gasteiger partial charge in [-0.2, -0.15) is 10.5 Å². The number of anilines is 1. The standard InChI is InChI=1S/C18H15N3O2S/c19-9-12-5-1-3-7-15(12)23-11-17(22)21-18-14(10-20)13-6-2-4-8-16(13)24-18/h1,3,5,7H,2,4,6,8,11H2,(H,21,22). The van der Waals surface area contributed by atoms with Crippen LogP contribution in [0.1, 0.15) is 34.4 Å². The van der Waals surface area contributed by atoms with Crippen molar-refractivity contribution >= 4 is 22.2 Å². The smallest absolute Gasteiger partial charge is 0.262 e. The fourth-order valence-corrected chi connectivity index (χ4v) is 4.02. The lowest BCUT2D eigenvalue weighted by molar-refractivity contribution is -0.118. The fourth-order valence-electron chi connectivity index (χ4n) is 2.76. The van der Waals surface area contributed by atoms with Gasteiger partial charge in [0.25, 0.3) is 5.91 Å². The van der Waals surface area contributed by atoms with Crippen LogP contribution in [0.4, 0.5) is 5.00 Å². The van der Waals surface area contributed by atoms with Crippen LogP contribution < -0.4 is 10.1 Å². The zero-order valence-corrected chi connectivity index (χ0v) is 13.8. The Kier molecular flexibility index (Phi) is 4.79. The first kappa shape index (κ1) is 16.0. The third-order valence-electron chi connectivity index (χ3n) is 3.90. The van der Waals surface area contributed by atoms with Gasteiger partial charge in [-0.3, -0.25) is 4.79 Å². The summed E-state index contributed by atoms with van der Waals surface area (Å²) in [5.41, 5.74) is 2.05. The molecular weight excluding hydrogens is 322 g/mol. The Hall–Kier alpha value is -2.83. The first-order valence-electron chi connectivity index (χ1n) is 7.69. The molecule has 3 rings (SSSR count). The number of rotatable bonds is 4. The first-order valence-corrected chi connectivity index (χ1v) is 8.51. The van der Waals surface area contributed by atoms with E-state index in [0.717, 1.165) is 31.2 Å². The maximum atomic E-state index is 12.1. The molecule has 6 heteroatoms. The second-order valence-corrected chi connectivity index (χ2v) is 6.58. The average Bonchev–Trinajstić information content (AvgIpc) is 2.97. The van der Waals surface area contributed by atoms with Crippen LogP contribution >= 0.6 is 11.3 Å². The third kappa shape index (κ3) is 3.24. The number of hydrogen-bond acceptors (Lipinski definition) is 5. The molecule has 1 aromatic heterocycles. The van der Waals surface area contributed by atoms with Gasteiger partial charge in [0.2, 0.25) is 0 Å². The number of ether oxygens (including phenoxy) is 1. The average molecular weight is 337 g/mol. The Bertz CT molecular complexity index is 858. The van der Waals surface area contributed by atoms with Crippen molar-refractivity contribution in [2.45, 2.75) is 25.7 Å². The summed E-state index contributed by atoms with van der Waals surface area (Å²) in [6.07, 6.45) is 4.08. The van der Waals surface area contributed by atoms with Crippen molar-refractivity contribution in [3.63, 3.8) is 0 Å². The van der Waals surface area contributed by atoms with Crippen molar-refractivity contribution in [2.75, 3.05) is 11.9 Å². The van der Waals surface area contributed by atoms with E-state index in [9.17, 15) is 10.1 Å². The first-order chi connectivity index (χ1) is 11.7. The van der Waals surface area contributed by atoms with Gasteiger partial charge < -0.3 is 10.1 Å². The van der Waals surface area contributed by atoms with Gasteiger partial charge in [-0.1, -0.05) is 12.1 Å². The van der Waals surface area contributed by atoms with Crippen molar-refractivity contribution in [3.8, 4) is 17.9 Å². The maximum Gasteiger partial charge on any atom is 0.262 e. The van der Waals surface area contributed by atoms with E-state index in [1.165, 1.54) is 16.2 Å². The van der Waals surface area contributed by atoms with Gasteiger partial charge in [-0.05, 0) is 43.4 Å². The molecule has 0 unspecified atom stereocenters. The van der Waals surface area contributed by atoms with Crippen LogP contribution in [0.5, 0.6) is 5.75 Å². The number of hydrogen-bond donors (Lipinski definition) is 1. The molecule has 24 heavy (non-hydrogen) atoms. The molecule has 0 atom stereocenters. The van der Waals surface area contributed by atoms with Crippen molar-refractivity contribution in [1.29, 1.82) is 10.5 Å². The van der Waals surface area contributed by atoms with E-state index >= 15 is 0 Å². The van der Waals surface area contributed by atoms with Gasteiger partial charge in [-0.25, -0.2) is 0 Å². The van der Waals surface area contributed by atoms with Gasteiger partial charge in [0.05, 0.1) is 11.1 Å². The SMILES string of the molecule is N#Cc1ccccc1OCC(=O)Nc1sc2c(c1C#N)CCCC2. The van der Waals surface area contributed by atoms with Gasteiger partial charge >= 0.3 is 0 Å². The number of para-hydroxylation sites is 1. The molecule has 0 saturated carbocycles. The second kappa shape index (κ2) is 7.16. The summed E-state index contributed by atoms with van der Waals surface area (Å²) in [5, 5.41) is 21.8. The van der Waals surface area contributed by atoms with Crippen LogP contribution in [-0.4, -0.2) is 12.5 Å². The molecule has 1 aromatic carbocycles. The number of nitriles is 2. The molecule has 1 aliphatic rings. The van der Waals surface area contributed by atoms with Crippen molar-refractivity contribution in [3.05, 3.63) is 45.8 Å². The molecular formula is C18H15N3O2S. The lowest BCUT2D eigenvalue weighted by Crippen LogP contribution is -2.20. The fraction of sp³-hybridized carbons (Fsp3) is 0.278. The van der Waals surface area contributed by atoms with E-state index in [0.29, 0.717) is 21.9 Å². The van der Waals surface area contributed by atoms with E-state index in [4.69, 9.17) is 10.00 Å². The minimum atomic E-state index is -0.335. The number of carbonyl (C=O) groups excluding carboxylic acids is 1. The third-order valence-corrected chi connectivity index (χ3v) is 5.11. The number of benzene rings is 1. The summed E-state index contributed by atoms with van der Waals surface area (Å²) in [5.74, 6) is 0.0407. The highest BCUT2D eigenvalue weighted by atomic mass is 32.1. The van der Waals surface area contributed by atoms with E-state index in [2.05, 4.69) is 11.4 Å². The predicted molar refractivity (Wildman–Crippen MR) is 91.0 cm³/mol. The zero-order valence-electron chi connectivity index (χ0n) is 13.0. The largest absolute Gasteiger partial charge is 0.482 e. The number of fused-ring (bicyclic) bond motifs is 1. The minimum Gasteiger partial charge on any atom is -0.482 e. The minimum absolute atomic E-state index is 0.202. The molecule has 1 amide bonds. The van der Waals surface area contributed by atoms with Crippen molar-refractivity contribution < 1.29 is 9.53 Å². The molecule has 1 N–H and O–H groups in total. The highest BCUT2D eigenvalue weighted by molar-refractivity contribution is 7.16. The number of aryl methyl sites for hydroxylation is 1. The topological polar surface area (TPSA) is 85.9 Å². The van der Waals surface area contributed by atoms with Crippen LogP contribution in [0.3, 0.4) is 0 Å². The van der Waals surface area contributed by atoms with Gasteiger partial charge in [0.1, 0.15) is 22.9 Å². The molecule has 2 aromatic rings. The van der Waals surface area contributed by atoms with Crippen molar-refractivity contribution in [2.24, 2.45) is 0 Å². The van der Waals surface area contributed by atoms with Crippen LogP contribution in [0.25, 0.3) is 0 Å². The van der Waals surface area contributed by atoms with Crippen LogP contribution in [0.15, 0.2) is 24.3 Å². The van der Waals surface area contributed by atoms with Crippen LogP contribution in [-0.2, 0) is 17.6 Å². The molecule has 1 heterocycles. The zero-order chi connectivity index (χ0) is 16.9. The van der Waals surface area contributed by atoms with Gasteiger partial charge in [-0.15, -0.1) is 11.3 Å². The summed E-state index contributed by atoms with van der Waals surface area (Å²) in [4.78, 5) is 13.3. The van der Waals surface area contributed by atoms with E-state index in [-0.39, 0.29) is 12.5 Å². The Morgan fingerprint density at radius 1 is 1.21 bits per heavy atom. The molecule has 0 bridgehead atoms. The Morgan fingerprint density at radius 3 is 2.79 bits per heavy atom. The van der Waals surface area contributed by atoms with Crippen LogP contribution in [0, 0.1) is 22.7 Å². The molecule has 5 nitrogen and oxygen atoms in total. The molecule has 120 valence electrons. The number of amides is 1. The summed E-state index contributed by atoms with van der Waals surface area (Å²) in [6.45, 7) is -0.202. The summed E-state index contributed by atoms with van der Waals surface area (Å²) in [7, 11) is 0. The van der Waals surface area contributed by atoms with Gasteiger partial charge in [0.15, 0.2) is 6.61 Å². The normalized spacial score (nSPS) is 12.6. The Morgan fingerprint density at radius 2 is 2.00 bits per heavy atom. The summed E-state index contributed by atoms with van der Waals surface area (Å²) >= 11 is 1.48. The Labute approximate surface area is 144 Å². The Balaban J connectivity index is 1.69. The highest BCUT2D eigenvalue weighted by Gasteiger charge is 2.21. The molecule has 0 fully saturated rings. The lowest BCUT2D eigenvalue weighted by Gasteiger charge is -2.09. The lowest BCUT2D eigenvalue weighted by atomic mass is 9.96. The van der Waals surface area contributed by atoms with Crippen molar-refractivity contribution in [1.82, 2.24) is 0 Å². The monoisotopic (exact) mass is 337 g/mol. The summed E-state index contributed by atoms with van der Waals surface area (Å²) in [6, 6.07) is 11.0. The number of carbonyl (C=O) groups is 1. The van der Waals surface area contributed by atoms with E-state index in [1.54, 1.807) is 24.3 Å². The van der Waals surface area contributed by atoms with Crippen LogP contribution in [0.2, 0.25) is 0 Å². The van der Waals surface area contributed by atoms with Gasteiger partial charge in [0, 0.05) is 4.88 Å². The molecule has 0 saturated heterocycles. The number of thiophene rings is 1. The summed E-state index contributed by atoms with van der Waals surface area (Å²) < 4.78 is 5.42. The molecule has 0 aliphatic heterocycles. The molecule has 1 aliphatic carbocycles. The predicted octanol–water partition coefficient (Wildman–Crippen LogP) is 3.39. The number of nitrogens with one attached hydrogen (secondary N) is 1. The molecule has 0 radical (unpaired) electrons. The number of nitrogens with zero attached hydrogens (tertiary/aromatic N) is 2. The van der Waals surface area contributed by atoms with E-state index in [1.807, 2.05) is 6.07 Å². The van der Waals surface area contributed by atoms with E-state index < -0.39 is 0 Å². The second-order valence-electron chi connectivity index (χ2n) is 5.47. The quantitative estimate of drug-likeness (QED) is 0.926.